The molecule has 0 saturated carbocycles. The van der Waals surface area contributed by atoms with Crippen molar-refractivity contribution < 1.29 is 9.21 Å². The maximum Gasteiger partial charge on any atom is 0.293 e. The van der Waals surface area contributed by atoms with Crippen molar-refractivity contribution in [2.45, 2.75) is 6.92 Å². The summed E-state index contributed by atoms with van der Waals surface area (Å²) in [4.78, 5) is 16.4. The van der Waals surface area contributed by atoms with Crippen LogP contribution in [0.5, 0.6) is 0 Å². The van der Waals surface area contributed by atoms with Crippen molar-refractivity contribution in [1.82, 2.24) is 4.98 Å². The number of hydrogen-bond acceptors (Lipinski definition) is 4. The molecule has 100 valence electrons. The molecule has 20 heavy (non-hydrogen) atoms. The van der Waals surface area contributed by atoms with E-state index in [1.54, 1.807) is 18.3 Å². The minimum absolute atomic E-state index is 0.0851. The van der Waals surface area contributed by atoms with E-state index in [2.05, 4.69) is 10.3 Å². The van der Waals surface area contributed by atoms with Gasteiger partial charge < -0.3 is 15.5 Å². The normalized spacial score (nSPS) is 10.7. The maximum absolute atomic E-state index is 12.2. The number of furan rings is 1. The number of nitrogen functional groups attached to an aromatic ring is 1. The standard InChI is InChI=1S/C15H13N3O2/c1-9-5-2-3-6-10(9)18-15(19)14-12(16)13-11(20-14)7-4-8-17-13/h2-8H,16H2,1H3,(H,18,19). The van der Waals surface area contributed by atoms with Gasteiger partial charge in [0.25, 0.3) is 5.91 Å². The van der Waals surface area contributed by atoms with E-state index in [0.29, 0.717) is 11.1 Å². The molecule has 3 aromatic rings. The van der Waals surface area contributed by atoms with Crippen molar-refractivity contribution in [3.05, 3.63) is 53.9 Å². The molecule has 2 aromatic heterocycles. The number of carbonyl (C=O) groups is 1. The van der Waals surface area contributed by atoms with Gasteiger partial charge in [-0.1, -0.05) is 18.2 Å². The summed E-state index contributed by atoms with van der Waals surface area (Å²) in [6.07, 6.45) is 1.61. The molecule has 5 heteroatoms. The van der Waals surface area contributed by atoms with Crippen LogP contribution in [0, 0.1) is 6.92 Å². The molecule has 0 saturated heterocycles. The third kappa shape index (κ3) is 1.99. The summed E-state index contributed by atoms with van der Waals surface area (Å²) < 4.78 is 5.47. The van der Waals surface area contributed by atoms with E-state index >= 15 is 0 Å². The monoisotopic (exact) mass is 267 g/mol. The number of carbonyl (C=O) groups excluding carboxylic acids is 1. The van der Waals surface area contributed by atoms with Gasteiger partial charge >= 0.3 is 0 Å². The van der Waals surface area contributed by atoms with Gasteiger partial charge in [-0.05, 0) is 30.7 Å². The first-order valence-corrected chi connectivity index (χ1v) is 6.17. The van der Waals surface area contributed by atoms with Gasteiger partial charge in [0.2, 0.25) is 5.76 Å². The zero-order chi connectivity index (χ0) is 14.1. The molecule has 0 fully saturated rings. The molecular weight excluding hydrogens is 254 g/mol. The number of rotatable bonds is 2. The van der Waals surface area contributed by atoms with Crippen molar-refractivity contribution in [2.24, 2.45) is 0 Å². The van der Waals surface area contributed by atoms with Crippen LogP contribution >= 0.6 is 0 Å². The van der Waals surface area contributed by atoms with Gasteiger partial charge in [0.15, 0.2) is 5.58 Å². The Balaban J connectivity index is 1.97. The lowest BCUT2D eigenvalue weighted by Crippen LogP contribution is -2.13. The zero-order valence-electron chi connectivity index (χ0n) is 10.9. The molecule has 0 aliphatic carbocycles. The molecule has 0 bridgehead atoms. The minimum atomic E-state index is -0.380. The van der Waals surface area contributed by atoms with Crippen LogP contribution in [0.3, 0.4) is 0 Å². The topological polar surface area (TPSA) is 81.2 Å². The van der Waals surface area contributed by atoms with E-state index in [9.17, 15) is 4.79 Å². The van der Waals surface area contributed by atoms with Gasteiger partial charge in [-0.15, -0.1) is 0 Å². The molecule has 5 nitrogen and oxygen atoms in total. The predicted octanol–water partition coefficient (Wildman–Crippen LogP) is 2.97. The smallest absolute Gasteiger partial charge is 0.293 e. The second kappa shape index (κ2) is 4.70. The first kappa shape index (κ1) is 12.2. The quantitative estimate of drug-likeness (QED) is 0.748. The van der Waals surface area contributed by atoms with Gasteiger partial charge in [0.05, 0.1) is 0 Å². The Bertz CT molecular complexity index is 793. The lowest BCUT2D eigenvalue weighted by Gasteiger charge is -2.06. The summed E-state index contributed by atoms with van der Waals surface area (Å²) in [5.74, 6) is -0.295. The molecular formula is C15H13N3O2. The van der Waals surface area contributed by atoms with Crippen molar-refractivity contribution >= 4 is 28.4 Å². The van der Waals surface area contributed by atoms with Crippen molar-refractivity contribution in [1.29, 1.82) is 0 Å². The lowest BCUT2D eigenvalue weighted by atomic mass is 10.2. The third-order valence-electron chi connectivity index (χ3n) is 3.08. The van der Waals surface area contributed by atoms with Crippen molar-refractivity contribution in [2.75, 3.05) is 11.1 Å². The van der Waals surface area contributed by atoms with Crippen molar-refractivity contribution in [3.63, 3.8) is 0 Å². The van der Waals surface area contributed by atoms with Crippen LogP contribution in [-0.4, -0.2) is 10.9 Å². The van der Waals surface area contributed by atoms with Crippen LogP contribution in [0.25, 0.3) is 11.1 Å². The molecule has 2 heterocycles. The van der Waals surface area contributed by atoms with Crippen LogP contribution < -0.4 is 11.1 Å². The molecule has 0 radical (unpaired) electrons. The summed E-state index contributed by atoms with van der Waals surface area (Å²) in [7, 11) is 0. The van der Waals surface area contributed by atoms with Gasteiger partial charge in [-0.2, -0.15) is 0 Å². The number of nitrogens with one attached hydrogen (secondary N) is 1. The van der Waals surface area contributed by atoms with E-state index < -0.39 is 0 Å². The van der Waals surface area contributed by atoms with E-state index in [1.165, 1.54) is 0 Å². The summed E-state index contributed by atoms with van der Waals surface area (Å²) >= 11 is 0. The molecule has 0 aliphatic rings. The molecule has 1 aromatic carbocycles. The number of hydrogen-bond donors (Lipinski definition) is 2. The van der Waals surface area contributed by atoms with Crippen LogP contribution in [0.15, 0.2) is 47.0 Å². The Labute approximate surface area is 115 Å². The van der Waals surface area contributed by atoms with E-state index in [4.69, 9.17) is 10.2 Å². The first-order chi connectivity index (χ1) is 9.66. The average Bonchev–Trinajstić information content (AvgIpc) is 2.79. The molecule has 0 atom stereocenters. The lowest BCUT2D eigenvalue weighted by molar-refractivity contribution is 0.0999. The highest BCUT2D eigenvalue weighted by Crippen LogP contribution is 2.27. The van der Waals surface area contributed by atoms with Crippen LogP contribution in [0.1, 0.15) is 16.1 Å². The summed E-state index contributed by atoms with van der Waals surface area (Å²) in [5.41, 5.74) is 8.87. The van der Waals surface area contributed by atoms with Crippen LogP contribution in [-0.2, 0) is 0 Å². The molecule has 0 aliphatic heterocycles. The highest BCUT2D eigenvalue weighted by molar-refractivity contribution is 6.10. The largest absolute Gasteiger partial charge is 0.447 e. The van der Waals surface area contributed by atoms with Gasteiger partial charge in [0.1, 0.15) is 11.2 Å². The average molecular weight is 267 g/mol. The van der Waals surface area contributed by atoms with E-state index in [0.717, 1.165) is 11.3 Å². The number of pyridine rings is 1. The van der Waals surface area contributed by atoms with E-state index in [-0.39, 0.29) is 17.4 Å². The number of para-hydroxylation sites is 1. The number of aromatic nitrogens is 1. The number of aryl methyl sites for hydroxylation is 1. The molecule has 0 spiro atoms. The number of anilines is 2. The number of benzene rings is 1. The summed E-state index contributed by atoms with van der Waals surface area (Å²) in [6.45, 7) is 1.92. The zero-order valence-corrected chi connectivity index (χ0v) is 10.9. The molecule has 0 unspecified atom stereocenters. The molecule has 3 rings (SSSR count). The fourth-order valence-electron chi connectivity index (χ4n) is 2.01. The SMILES string of the molecule is Cc1ccccc1NC(=O)c1oc2cccnc2c1N. The fraction of sp³-hybridized carbons (Fsp3) is 0.0667. The Morgan fingerprint density at radius 3 is 2.80 bits per heavy atom. The Kier molecular flexibility index (Phi) is 2.87. The Morgan fingerprint density at radius 1 is 1.25 bits per heavy atom. The summed E-state index contributed by atoms with van der Waals surface area (Å²) in [5, 5.41) is 2.79. The van der Waals surface area contributed by atoms with Gasteiger partial charge in [-0.3, -0.25) is 9.78 Å². The molecule has 1 amide bonds. The number of amides is 1. The number of fused-ring (bicyclic) bond motifs is 1. The predicted molar refractivity (Wildman–Crippen MR) is 77.6 cm³/mol. The Morgan fingerprint density at radius 2 is 2.05 bits per heavy atom. The second-order valence-electron chi connectivity index (χ2n) is 4.46. The highest BCUT2D eigenvalue weighted by Gasteiger charge is 2.19. The van der Waals surface area contributed by atoms with Gasteiger partial charge in [-0.25, -0.2) is 0 Å². The van der Waals surface area contributed by atoms with E-state index in [1.807, 2.05) is 31.2 Å². The minimum Gasteiger partial charge on any atom is -0.447 e. The van der Waals surface area contributed by atoms with Gasteiger partial charge in [0, 0.05) is 11.9 Å². The Hall–Kier alpha value is -2.82. The summed E-state index contributed by atoms with van der Waals surface area (Å²) in [6, 6.07) is 11.0. The fourth-order valence-corrected chi connectivity index (χ4v) is 2.01. The third-order valence-corrected chi connectivity index (χ3v) is 3.08. The maximum atomic E-state index is 12.2. The van der Waals surface area contributed by atoms with Crippen LogP contribution in [0.2, 0.25) is 0 Å². The second-order valence-corrected chi connectivity index (χ2v) is 4.46. The highest BCUT2D eigenvalue weighted by atomic mass is 16.3. The van der Waals surface area contributed by atoms with Crippen molar-refractivity contribution in [3.8, 4) is 0 Å². The van der Waals surface area contributed by atoms with Crippen LogP contribution in [0.4, 0.5) is 11.4 Å². The first-order valence-electron chi connectivity index (χ1n) is 6.17. The number of nitrogens with two attached hydrogens (primary N) is 1. The molecule has 3 N–H and O–H groups in total. The number of nitrogens with zero attached hydrogens (tertiary/aromatic N) is 1.